The van der Waals surface area contributed by atoms with E-state index in [1.165, 1.54) is 18.5 Å². The molecule has 0 saturated carbocycles. The molecule has 1 fully saturated rings. The molecular weight excluding hydrogens is 242 g/mol. The Morgan fingerprint density at radius 3 is 3.21 bits per heavy atom. The summed E-state index contributed by atoms with van der Waals surface area (Å²) in [6.07, 6.45) is 5.54. The van der Waals surface area contributed by atoms with E-state index in [2.05, 4.69) is 38.0 Å². The first-order valence-corrected chi connectivity index (χ1v) is 6.06. The highest BCUT2D eigenvalue weighted by Crippen LogP contribution is 2.29. The lowest BCUT2D eigenvalue weighted by atomic mass is 10.1. The summed E-state index contributed by atoms with van der Waals surface area (Å²) in [7, 11) is 0. The first-order chi connectivity index (χ1) is 6.83. The Morgan fingerprint density at radius 2 is 2.57 bits per heavy atom. The third-order valence-corrected chi connectivity index (χ3v) is 3.27. The molecule has 2 rings (SSSR count). The number of nitrogens with zero attached hydrogens (tertiary/aromatic N) is 2. The van der Waals surface area contributed by atoms with Crippen molar-refractivity contribution in [3.05, 3.63) is 16.4 Å². The summed E-state index contributed by atoms with van der Waals surface area (Å²) in [6.45, 7) is 4.33. The zero-order valence-corrected chi connectivity index (χ0v) is 10.0. The second kappa shape index (κ2) is 4.45. The third-order valence-electron chi connectivity index (χ3n) is 2.66. The summed E-state index contributed by atoms with van der Waals surface area (Å²) in [4.78, 5) is 0. The van der Waals surface area contributed by atoms with Crippen LogP contribution in [0.2, 0.25) is 0 Å². The van der Waals surface area contributed by atoms with Crippen molar-refractivity contribution in [3.63, 3.8) is 0 Å². The van der Waals surface area contributed by atoms with Crippen LogP contribution in [0, 0.1) is 0 Å². The molecule has 1 atom stereocenters. The predicted octanol–water partition coefficient (Wildman–Crippen LogP) is 2.48. The second-order valence-corrected chi connectivity index (χ2v) is 4.60. The molecule has 0 amide bonds. The van der Waals surface area contributed by atoms with Crippen molar-refractivity contribution in [3.8, 4) is 0 Å². The number of hydrogen-bond donors (Lipinski definition) is 1. The Bertz CT molecular complexity index is 302. The van der Waals surface area contributed by atoms with Crippen molar-refractivity contribution in [2.24, 2.45) is 0 Å². The summed E-state index contributed by atoms with van der Waals surface area (Å²) >= 11 is 3.57. The standard InChI is InChI=1S/C10H16BrN3/c1-2-6-14-10(8(11)7-13-14)9-4-3-5-12-9/h7,9,12H,2-6H2,1H3. The minimum Gasteiger partial charge on any atom is -0.309 e. The van der Waals surface area contributed by atoms with Gasteiger partial charge in [0.2, 0.25) is 0 Å². The van der Waals surface area contributed by atoms with Gasteiger partial charge in [-0.25, -0.2) is 0 Å². The lowest BCUT2D eigenvalue weighted by Gasteiger charge is -2.13. The molecular formula is C10H16BrN3. The van der Waals surface area contributed by atoms with Crippen LogP contribution in [-0.2, 0) is 6.54 Å². The quantitative estimate of drug-likeness (QED) is 0.902. The van der Waals surface area contributed by atoms with E-state index >= 15 is 0 Å². The first kappa shape index (κ1) is 10.2. The molecule has 0 aliphatic carbocycles. The molecule has 0 bridgehead atoms. The van der Waals surface area contributed by atoms with Crippen LogP contribution in [0.5, 0.6) is 0 Å². The van der Waals surface area contributed by atoms with Crippen LogP contribution in [-0.4, -0.2) is 16.3 Å². The maximum absolute atomic E-state index is 4.38. The van der Waals surface area contributed by atoms with Gasteiger partial charge in [0.05, 0.1) is 22.4 Å². The molecule has 4 heteroatoms. The normalized spacial score (nSPS) is 21.7. The number of halogens is 1. The highest BCUT2D eigenvalue weighted by molar-refractivity contribution is 9.10. The van der Waals surface area contributed by atoms with E-state index in [4.69, 9.17) is 0 Å². The molecule has 1 unspecified atom stereocenters. The maximum atomic E-state index is 4.38. The lowest BCUT2D eigenvalue weighted by molar-refractivity contribution is 0.516. The summed E-state index contributed by atoms with van der Waals surface area (Å²) in [5.41, 5.74) is 1.32. The van der Waals surface area contributed by atoms with Crippen LogP contribution in [0.3, 0.4) is 0 Å². The van der Waals surface area contributed by atoms with Crippen molar-refractivity contribution in [1.82, 2.24) is 15.1 Å². The number of aryl methyl sites for hydroxylation is 1. The summed E-state index contributed by atoms with van der Waals surface area (Å²) in [6, 6.07) is 0.499. The molecule has 1 aromatic heterocycles. The molecule has 14 heavy (non-hydrogen) atoms. The number of aromatic nitrogens is 2. The van der Waals surface area contributed by atoms with Crippen LogP contribution in [0.15, 0.2) is 10.7 Å². The van der Waals surface area contributed by atoms with E-state index < -0.39 is 0 Å². The average molecular weight is 258 g/mol. The summed E-state index contributed by atoms with van der Waals surface area (Å²) in [5.74, 6) is 0. The van der Waals surface area contributed by atoms with Crippen LogP contribution in [0.1, 0.15) is 37.9 Å². The fraction of sp³-hybridized carbons (Fsp3) is 0.700. The topological polar surface area (TPSA) is 29.9 Å². The van der Waals surface area contributed by atoms with Crippen molar-refractivity contribution in [2.75, 3.05) is 6.54 Å². The monoisotopic (exact) mass is 257 g/mol. The van der Waals surface area contributed by atoms with E-state index in [0.717, 1.165) is 24.0 Å². The zero-order chi connectivity index (χ0) is 9.97. The number of nitrogens with one attached hydrogen (secondary N) is 1. The van der Waals surface area contributed by atoms with Gasteiger partial charge < -0.3 is 5.32 Å². The average Bonchev–Trinajstić information content (AvgIpc) is 2.76. The van der Waals surface area contributed by atoms with Crippen molar-refractivity contribution >= 4 is 15.9 Å². The molecule has 1 aromatic rings. The Morgan fingerprint density at radius 1 is 1.71 bits per heavy atom. The lowest BCUT2D eigenvalue weighted by Crippen LogP contribution is -2.18. The Labute approximate surface area is 93.0 Å². The van der Waals surface area contributed by atoms with Crippen LogP contribution >= 0.6 is 15.9 Å². The SMILES string of the molecule is CCCn1ncc(Br)c1C1CCCN1. The summed E-state index contributed by atoms with van der Waals surface area (Å²) in [5, 5.41) is 7.89. The predicted molar refractivity (Wildman–Crippen MR) is 60.2 cm³/mol. The molecule has 2 heterocycles. The van der Waals surface area contributed by atoms with Gasteiger partial charge in [-0.05, 0) is 41.7 Å². The van der Waals surface area contributed by atoms with Gasteiger partial charge in [0.1, 0.15) is 0 Å². The smallest absolute Gasteiger partial charge is 0.0695 e. The van der Waals surface area contributed by atoms with Gasteiger partial charge in [0.25, 0.3) is 0 Å². The van der Waals surface area contributed by atoms with Gasteiger partial charge in [0.15, 0.2) is 0 Å². The van der Waals surface area contributed by atoms with E-state index in [0.29, 0.717) is 6.04 Å². The molecule has 0 spiro atoms. The van der Waals surface area contributed by atoms with E-state index in [1.807, 2.05) is 6.20 Å². The number of rotatable bonds is 3. The molecule has 1 N–H and O–H groups in total. The Kier molecular flexibility index (Phi) is 3.23. The molecule has 1 saturated heterocycles. The van der Waals surface area contributed by atoms with Crippen molar-refractivity contribution < 1.29 is 0 Å². The second-order valence-electron chi connectivity index (χ2n) is 3.75. The van der Waals surface area contributed by atoms with Crippen LogP contribution < -0.4 is 5.32 Å². The zero-order valence-electron chi connectivity index (χ0n) is 8.46. The van der Waals surface area contributed by atoms with Gasteiger partial charge >= 0.3 is 0 Å². The van der Waals surface area contributed by atoms with E-state index in [-0.39, 0.29) is 0 Å². The third kappa shape index (κ3) is 1.86. The van der Waals surface area contributed by atoms with Crippen LogP contribution in [0.4, 0.5) is 0 Å². The van der Waals surface area contributed by atoms with Crippen LogP contribution in [0.25, 0.3) is 0 Å². The first-order valence-electron chi connectivity index (χ1n) is 5.27. The van der Waals surface area contributed by atoms with E-state index in [9.17, 15) is 0 Å². The largest absolute Gasteiger partial charge is 0.309 e. The molecule has 3 nitrogen and oxygen atoms in total. The number of hydrogen-bond acceptors (Lipinski definition) is 2. The molecule has 0 aromatic carbocycles. The van der Waals surface area contributed by atoms with Gasteiger partial charge in [-0.2, -0.15) is 5.10 Å². The maximum Gasteiger partial charge on any atom is 0.0695 e. The van der Waals surface area contributed by atoms with Gasteiger partial charge in [0, 0.05) is 6.54 Å². The fourth-order valence-corrected chi connectivity index (χ4v) is 2.60. The van der Waals surface area contributed by atoms with Gasteiger partial charge in [-0.3, -0.25) is 4.68 Å². The molecule has 1 aliphatic rings. The van der Waals surface area contributed by atoms with Crippen molar-refractivity contribution in [1.29, 1.82) is 0 Å². The molecule has 0 radical (unpaired) electrons. The fourth-order valence-electron chi connectivity index (χ4n) is 2.03. The van der Waals surface area contributed by atoms with Gasteiger partial charge in [-0.1, -0.05) is 6.92 Å². The molecule has 78 valence electrons. The van der Waals surface area contributed by atoms with E-state index in [1.54, 1.807) is 0 Å². The van der Waals surface area contributed by atoms with Crippen molar-refractivity contribution in [2.45, 2.75) is 38.8 Å². The Hall–Kier alpha value is -0.350. The van der Waals surface area contributed by atoms with Gasteiger partial charge in [-0.15, -0.1) is 0 Å². The minimum atomic E-state index is 0.499. The highest BCUT2D eigenvalue weighted by atomic mass is 79.9. The molecule has 1 aliphatic heterocycles. The summed E-state index contributed by atoms with van der Waals surface area (Å²) < 4.78 is 3.26. The Balaban J connectivity index is 2.24. The minimum absolute atomic E-state index is 0.499. The highest BCUT2D eigenvalue weighted by Gasteiger charge is 2.22.